The predicted molar refractivity (Wildman–Crippen MR) is 135 cm³/mol. The van der Waals surface area contributed by atoms with Crippen LogP contribution in [-0.2, 0) is 13.1 Å². The number of halogens is 1. The number of hydrogen-bond donors (Lipinski definition) is 1. The molecule has 0 unspecified atom stereocenters. The predicted octanol–water partition coefficient (Wildman–Crippen LogP) is 4.93. The molecular formula is C27H31FN6O2. The highest BCUT2D eigenvalue weighted by atomic mass is 19.1. The number of methoxy groups -OCH3 is 1. The fourth-order valence-electron chi connectivity index (χ4n) is 5.23. The number of aromatic amines is 1. The Hall–Kier alpha value is -3.59. The number of fused-ring (bicyclic) bond motifs is 1. The minimum absolute atomic E-state index is 0.119. The van der Waals surface area contributed by atoms with Gasteiger partial charge in [-0.15, -0.1) is 5.10 Å². The van der Waals surface area contributed by atoms with Crippen molar-refractivity contribution < 1.29 is 9.13 Å². The molecule has 0 aliphatic heterocycles. The largest absolute Gasteiger partial charge is 0.497 e. The minimum Gasteiger partial charge on any atom is -0.497 e. The summed E-state index contributed by atoms with van der Waals surface area (Å²) in [6.45, 7) is 3.01. The number of H-pyrrole nitrogens is 1. The van der Waals surface area contributed by atoms with Crippen LogP contribution in [0.1, 0.15) is 68.1 Å². The van der Waals surface area contributed by atoms with Crippen molar-refractivity contribution in [2.75, 3.05) is 7.11 Å². The van der Waals surface area contributed by atoms with Gasteiger partial charge in [-0.3, -0.25) is 9.69 Å². The first-order valence-corrected chi connectivity index (χ1v) is 12.5. The second-order valence-corrected chi connectivity index (χ2v) is 9.45. The van der Waals surface area contributed by atoms with Crippen molar-refractivity contribution in [2.24, 2.45) is 0 Å². The van der Waals surface area contributed by atoms with E-state index in [0.717, 1.165) is 47.3 Å². The maximum absolute atomic E-state index is 13.6. The van der Waals surface area contributed by atoms with E-state index in [1.54, 1.807) is 19.2 Å². The smallest absolute Gasteiger partial charge is 0.252 e. The molecule has 0 bridgehead atoms. The van der Waals surface area contributed by atoms with Gasteiger partial charge in [0.2, 0.25) is 0 Å². The third-order valence-corrected chi connectivity index (χ3v) is 7.12. The summed E-state index contributed by atoms with van der Waals surface area (Å²) in [4.78, 5) is 18.3. The number of ether oxygens (including phenoxy) is 1. The third-order valence-electron chi connectivity index (χ3n) is 7.12. The average molecular weight is 491 g/mol. The molecule has 1 N–H and O–H groups in total. The zero-order chi connectivity index (χ0) is 25.1. The first-order valence-electron chi connectivity index (χ1n) is 12.5. The summed E-state index contributed by atoms with van der Waals surface area (Å²) in [7, 11) is 1.62. The number of pyridine rings is 1. The van der Waals surface area contributed by atoms with Gasteiger partial charge in [0, 0.05) is 29.6 Å². The van der Waals surface area contributed by atoms with E-state index < -0.39 is 0 Å². The van der Waals surface area contributed by atoms with Crippen LogP contribution in [0.5, 0.6) is 5.75 Å². The van der Waals surface area contributed by atoms with E-state index in [-0.39, 0.29) is 17.4 Å². The van der Waals surface area contributed by atoms with Crippen molar-refractivity contribution in [3.05, 3.63) is 81.7 Å². The van der Waals surface area contributed by atoms with Gasteiger partial charge in [-0.05, 0) is 71.7 Å². The fraction of sp³-hybridized carbons (Fsp3) is 0.407. The fourth-order valence-corrected chi connectivity index (χ4v) is 5.23. The Morgan fingerprint density at radius 1 is 1.14 bits per heavy atom. The lowest BCUT2D eigenvalue weighted by Gasteiger charge is -2.31. The van der Waals surface area contributed by atoms with E-state index in [0.29, 0.717) is 24.7 Å². The molecule has 9 heteroatoms. The maximum Gasteiger partial charge on any atom is 0.252 e. The van der Waals surface area contributed by atoms with Gasteiger partial charge >= 0.3 is 0 Å². The normalized spacial score (nSPS) is 15.1. The molecule has 0 spiro atoms. The lowest BCUT2D eigenvalue weighted by molar-refractivity contribution is 0.158. The Labute approximate surface area is 209 Å². The van der Waals surface area contributed by atoms with Crippen LogP contribution in [0.2, 0.25) is 0 Å². The number of benzene rings is 2. The molecule has 8 nitrogen and oxygen atoms in total. The van der Waals surface area contributed by atoms with E-state index in [9.17, 15) is 9.18 Å². The Kier molecular flexibility index (Phi) is 7.09. The topological polar surface area (TPSA) is 88.9 Å². The van der Waals surface area contributed by atoms with E-state index in [2.05, 4.69) is 32.3 Å². The van der Waals surface area contributed by atoms with Gasteiger partial charge < -0.3 is 9.72 Å². The van der Waals surface area contributed by atoms with Gasteiger partial charge in [-0.2, -0.15) is 0 Å². The Balaban J connectivity index is 1.53. The molecule has 36 heavy (non-hydrogen) atoms. The van der Waals surface area contributed by atoms with Crippen LogP contribution in [0.3, 0.4) is 0 Å². The molecule has 1 atom stereocenters. The van der Waals surface area contributed by atoms with Gasteiger partial charge in [0.15, 0.2) is 5.82 Å². The number of nitrogens with zero attached hydrogens (tertiary/aromatic N) is 5. The molecule has 5 rings (SSSR count). The quantitative estimate of drug-likeness (QED) is 0.358. The summed E-state index contributed by atoms with van der Waals surface area (Å²) in [5, 5.41) is 13.7. The third kappa shape index (κ3) is 5.02. The molecule has 188 valence electrons. The molecule has 2 aromatic heterocycles. The zero-order valence-electron chi connectivity index (χ0n) is 20.7. The van der Waals surface area contributed by atoms with Gasteiger partial charge in [-0.1, -0.05) is 31.9 Å². The highest BCUT2D eigenvalue weighted by Gasteiger charge is 2.29. The van der Waals surface area contributed by atoms with Crippen molar-refractivity contribution in [3.8, 4) is 5.75 Å². The van der Waals surface area contributed by atoms with Crippen molar-refractivity contribution >= 4 is 10.9 Å². The van der Waals surface area contributed by atoms with Crippen molar-refractivity contribution in [1.29, 1.82) is 0 Å². The molecule has 0 radical (unpaired) electrons. The first-order chi connectivity index (χ1) is 17.6. The maximum atomic E-state index is 13.6. The van der Waals surface area contributed by atoms with Crippen LogP contribution >= 0.6 is 0 Å². The second-order valence-electron chi connectivity index (χ2n) is 9.45. The number of tetrazole rings is 1. The summed E-state index contributed by atoms with van der Waals surface area (Å²) < 4.78 is 21.0. The molecule has 1 saturated carbocycles. The summed E-state index contributed by atoms with van der Waals surface area (Å²) in [5.74, 6) is 1.26. The molecule has 1 aliphatic carbocycles. The molecule has 2 aromatic carbocycles. The Morgan fingerprint density at radius 3 is 2.64 bits per heavy atom. The van der Waals surface area contributed by atoms with Crippen molar-refractivity contribution in [3.63, 3.8) is 0 Å². The van der Waals surface area contributed by atoms with Crippen LogP contribution in [0.15, 0.2) is 53.3 Å². The van der Waals surface area contributed by atoms with Gasteiger partial charge in [0.1, 0.15) is 11.6 Å². The van der Waals surface area contributed by atoms with Crippen LogP contribution in [-0.4, -0.2) is 37.2 Å². The summed E-state index contributed by atoms with van der Waals surface area (Å²) in [5.41, 5.74) is 2.21. The minimum atomic E-state index is -0.276. The van der Waals surface area contributed by atoms with Crippen LogP contribution in [0, 0.1) is 5.82 Å². The monoisotopic (exact) mass is 490 g/mol. The van der Waals surface area contributed by atoms with Gasteiger partial charge in [0.05, 0.1) is 19.2 Å². The number of rotatable bonds is 9. The van der Waals surface area contributed by atoms with Crippen LogP contribution < -0.4 is 10.3 Å². The molecule has 4 aromatic rings. The van der Waals surface area contributed by atoms with E-state index in [4.69, 9.17) is 4.74 Å². The van der Waals surface area contributed by atoms with Gasteiger partial charge in [-0.25, -0.2) is 9.07 Å². The highest BCUT2D eigenvalue weighted by molar-refractivity contribution is 5.80. The van der Waals surface area contributed by atoms with Crippen LogP contribution in [0.25, 0.3) is 10.9 Å². The molecular weight excluding hydrogens is 459 g/mol. The Bertz CT molecular complexity index is 1380. The first kappa shape index (κ1) is 24.1. The number of aromatic nitrogens is 5. The Morgan fingerprint density at radius 2 is 1.92 bits per heavy atom. The summed E-state index contributed by atoms with van der Waals surface area (Å²) >= 11 is 0. The van der Waals surface area contributed by atoms with Crippen molar-refractivity contribution in [2.45, 2.75) is 64.2 Å². The average Bonchev–Trinajstić information content (AvgIpc) is 3.58. The molecule has 2 heterocycles. The number of hydrogen-bond acceptors (Lipinski definition) is 6. The van der Waals surface area contributed by atoms with E-state index in [1.807, 2.05) is 28.9 Å². The summed E-state index contributed by atoms with van der Waals surface area (Å²) in [6, 6.07) is 14.2. The molecule has 0 amide bonds. The lowest BCUT2D eigenvalue weighted by atomic mass is 10.1. The standard InChI is InChI=1S/C27H31FN6O2/c1-3-25(26-30-31-32-34(26)22-6-4-5-7-22)33(16-18-8-10-21(28)11-9-18)17-20-14-19-15-23(36-2)12-13-24(19)29-27(20)35/h8-15,22,25H,3-7,16-17H2,1-2H3,(H,29,35)/t25-/m1/s1. The molecule has 1 aliphatic rings. The van der Waals surface area contributed by atoms with Crippen LogP contribution in [0.4, 0.5) is 4.39 Å². The van der Waals surface area contributed by atoms with E-state index in [1.165, 1.54) is 25.0 Å². The summed E-state index contributed by atoms with van der Waals surface area (Å²) in [6.07, 6.45) is 5.25. The second kappa shape index (κ2) is 10.6. The van der Waals surface area contributed by atoms with Gasteiger partial charge in [0.25, 0.3) is 5.56 Å². The molecule has 1 fully saturated rings. The number of nitrogens with one attached hydrogen (secondary N) is 1. The molecule has 0 saturated heterocycles. The van der Waals surface area contributed by atoms with Crippen molar-refractivity contribution in [1.82, 2.24) is 30.1 Å². The zero-order valence-corrected chi connectivity index (χ0v) is 20.7. The highest BCUT2D eigenvalue weighted by Crippen LogP contribution is 2.33. The SMILES string of the molecule is CC[C@H](c1nnnn1C1CCCC1)N(Cc1ccc(F)cc1)Cc1cc2cc(OC)ccc2[nH]c1=O. The van der Waals surface area contributed by atoms with E-state index >= 15 is 0 Å². The lowest BCUT2D eigenvalue weighted by Crippen LogP contribution is -2.32.